The van der Waals surface area contributed by atoms with Crippen LogP contribution in [0.15, 0.2) is 22.7 Å². The van der Waals surface area contributed by atoms with Crippen LogP contribution in [-0.4, -0.2) is 43.4 Å². The van der Waals surface area contributed by atoms with Crippen LogP contribution in [-0.2, 0) is 0 Å². The highest BCUT2D eigenvalue weighted by molar-refractivity contribution is 9.10. The third kappa shape index (κ3) is 3.57. The summed E-state index contributed by atoms with van der Waals surface area (Å²) < 4.78 is 0.897. The predicted molar refractivity (Wildman–Crippen MR) is 83.1 cm³/mol. The van der Waals surface area contributed by atoms with Crippen molar-refractivity contribution < 1.29 is 4.79 Å². The molecule has 2 rings (SSSR count). The summed E-state index contributed by atoms with van der Waals surface area (Å²) in [6, 6.07) is 6.03. The Bertz CT molecular complexity index is 453. The van der Waals surface area contributed by atoms with Crippen molar-refractivity contribution >= 4 is 27.4 Å². The molecule has 0 unspecified atom stereocenters. The predicted octanol–water partition coefficient (Wildman–Crippen LogP) is 3.18. The van der Waals surface area contributed by atoms with Gasteiger partial charge in [0, 0.05) is 41.9 Å². The molecule has 3 nitrogen and oxygen atoms in total. The fourth-order valence-electron chi connectivity index (χ4n) is 2.53. The summed E-state index contributed by atoms with van der Waals surface area (Å²) in [7, 11) is 0. The van der Waals surface area contributed by atoms with E-state index < -0.39 is 0 Å². The lowest BCUT2D eigenvalue weighted by Crippen LogP contribution is -2.46. The fourth-order valence-corrected chi connectivity index (χ4v) is 3.18. The summed E-state index contributed by atoms with van der Waals surface area (Å²) in [5.74, 6) is 0.103. The summed E-state index contributed by atoms with van der Waals surface area (Å²) in [6.45, 7) is 9.39. The molecule has 0 saturated carbocycles. The maximum Gasteiger partial charge on any atom is 0.160 e. The minimum atomic E-state index is 0.103. The van der Waals surface area contributed by atoms with Crippen LogP contribution in [0.4, 0.5) is 5.69 Å². The number of hydrogen-bond donors (Lipinski definition) is 0. The molecule has 1 heterocycles. The average Bonchev–Trinajstić information content (AvgIpc) is 2.39. The quantitative estimate of drug-likeness (QED) is 0.795. The molecule has 0 aromatic heterocycles. The molecule has 0 amide bonds. The third-order valence-corrected chi connectivity index (χ3v) is 4.27. The first-order chi connectivity index (χ1) is 9.11. The molecule has 4 heteroatoms. The molecule has 0 bridgehead atoms. The van der Waals surface area contributed by atoms with Crippen molar-refractivity contribution in [1.29, 1.82) is 0 Å². The molecule has 0 spiro atoms. The zero-order valence-electron chi connectivity index (χ0n) is 11.7. The van der Waals surface area contributed by atoms with Gasteiger partial charge in [-0.3, -0.25) is 9.69 Å². The maximum absolute atomic E-state index is 11.4. The average molecular weight is 325 g/mol. The van der Waals surface area contributed by atoms with E-state index in [0.717, 1.165) is 36.2 Å². The second-order valence-corrected chi connectivity index (χ2v) is 5.90. The number of rotatable bonds is 4. The third-order valence-electron chi connectivity index (χ3n) is 3.61. The Morgan fingerprint density at radius 3 is 2.47 bits per heavy atom. The van der Waals surface area contributed by atoms with E-state index in [-0.39, 0.29) is 5.78 Å². The highest BCUT2D eigenvalue weighted by Crippen LogP contribution is 2.25. The van der Waals surface area contributed by atoms with E-state index in [1.807, 2.05) is 6.07 Å². The Balaban J connectivity index is 2.04. The summed E-state index contributed by atoms with van der Waals surface area (Å²) in [4.78, 5) is 16.3. The topological polar surface area (TPSA) is 23.6 Å². The highest BCUT2D eigenvalue weighted by Gasteiger charge is 2.17. The number of carbonyl (C=O) groups excluding carboxylic acids is 1. The SMILES string of the molecule is CCCN1CCN(c2ccc(C(C)=O)c(Br)c2)CC1. The van der Waals surface area contributed by atoms with Crippen molar-refractivity contribution in [1.82, 2.24) is 4.90 Å². The molecule has 104 valence electrons. The number of nitrogens with zero attached hydrogens (tertiary/aromatic N) is 2. The monoisotopic (exact) mass is 324 g/mol. The smallest absolute Gasteiger partial charge is 0.160 e. The first-order valence-electron chi connectivity index (χ1n) is 6.89. The number of halogens is 1. The molecule has 1 aromatic carbocycles. The molecule has 0 radical (unpaired) electrons. The van der Waals surface area contributed by atoms with Gasteiger partial charge in [0.1, 0.15) is 0 Å². The lowest BCUT2D eigenvalue weighted by atomic mass is 10.1. The van der Waals surface area contributed by atoms with Crippen molar-refractivity contribution in [2.24, 2.45) is 0 Å². The standard InChI is InChI=1S/C15H21BrN2O/c1-3-6-17-7-9-18(10-8-17)13-4-5-14(12(2)19)15(16)11-13/h4-5,11H,3,6-10H2,1-2H3. The summed E-state index contributed by atoms with van der Waals surface area (Å²) in [5, 5.41) is 0. The van der Waals surface area contributed by atoms with Gasteiger partial charge in [-0.25, -0.2) is 0 Å². The van der Waals surface area contributed by atoms with Gasteiger partial charge in [0.05, 0.1) is 0 Å². The molecular weight excluding hydrogens is 304 g/mol. The summed E-state index contributed by atoms with van der Waals surface area (Å²) in [5.41, 5.74) is 1.96. The zero-order chi connectivity index (χ0) is 13.8. The molecular formula is C15H21BrN2O. The minimum Gasteiger partial charge on any atom is -0.369 e. The minimum absolute atomic E-state index is 0.103. The molecule has 0 atom stereocenters. The maximum atomic E-state index is 11.4. The van der Waals surface area contributed by atoms with Crippen LogP contribution in [0.25, 0.3) is 0 Å². The fraction of sp³-hybridized carbons (Fsp3) is 0.533. The van der Waals surface area contributed by atoms with E-state index in [1.165, 1.54) is 18.7 Å². The van der Waals surface area contributed by atoms with Gasteiger partial charge in [-0.2, -0.15) is 0 Å². The molecule has 1 aliphatic heterocycles. The number of ketones is 1. The van der Waals surface area contributed by atoms with Crippen LogP contribution in [0.5, 0.6) is 0 Å². The summed E-state index contributed by atoms with van der Waals surface area (Å²) >= 11 is 3.49. The van der Waals surface area contributed by atoms with E-state index in [9.17, 15) is 4.79 Å². The first kappa shape index (κ1) is 14.5. The van der Waals surface area contributed by atoms with E-state index in [1.54, 1.807) is 6.92 Å². The van der Waals surface area contributed by atoms with E-state index in [2.05, 4.69) is 44.8 Å². The lowest BCUT2D eigenvalue weighted by Gasteiger charge is -2.36. The van der Waals surface area contributed by atoms with Crippen LogP contribution in [0, 0.1) is 0 Å². The molecule has 19 heavy (non-hydrogen) atoms. The van der Waals surface area contributed by atoms with Gasteiger partial charge in [0.2, 0.25) is 0 Å². The van der Waals surface area contributed by atoms with Gasteiger partial charge in [0.15, 0.2) is 5.78 Å². The van der Waals surface area contributed by atoms with Gasteiger partial charge >= 0.3 is 0 Å². The Morgan fingerprint density at radius 1 is 1.26 bits per heavy atom. The Labute approximate surface area is 123 Å². The molecule has 0 aliphatic carbocycles. The second kappa shape index (κ2) is 6.53. The van der Waals surface area contributed by atoms with Crippen LogP contribution >= 0.6 is 15.9 Å². The second-order valence-electron chi connectivity index (χ2n) is 5.05. The number of benzene rings is 1. The highest BCUT2D eigenvalue weighted by atomic mass is 79.9. The van der Waals surface area contributed by atoms with Crippen molar-refractivity contribution in [3.63, 3.8) is 0 Å². The van der Waals surface area contributed by atoms with Gasteiger partial charge in [-0.05, 0) is 54.0 Å². The Morgan fingerprint density at radius 2 is 1.95 bits per heavy atom. The number of piperazine rings is 1. The van der Waals surface area contributed by atoms with Gasteiger partial charge in [-0.15, -0.1) is 0 Å². The van der Waals surface area contributed by atoms with E-state index >= 15 is 0 Å². The zero-order valence-corrected chi connectivity index (χ0v) is 13.2. The molecule has 1 fully saturated rings. The van der Waals surface area contributed by atoms with Gasteiger partial charge in [-0.1, -0.05) is 6.92 Å². The normalized spacial score (nSPS) is 16.7. The molecule has 1 aromatic rings. The molecule has 1 saturated heterocycles. The van der Waals surface area contributed by atoms with Crippen LogP contribution in [0.2, 0.25) is 0 Å². The lowest BCUT2D eigenvalue weighted by molar-refractivity contribution is 0.101. The molecule has 0 N–H and O–H groups in total. The molecule has 1 aliphatic rings. The van der Waals surface area contributed by atoms with Crippen molar-refractivity contribution in [3.05, 3.63) is 28.2 Å². The Kier molecular flexibility index (Phi) is 4.99. The van der Waals surface area contributed by atoms with Crippen molar-refractivity contribution in [2.45, 2.75) is 20.3 Å². The van der Waals surface area contributed by atoms with Crippen LogP contribution in [0.3, 0.4) is 0 Å². The van der Waals surface area contributed by atoms with Gasteiger partial charge in [0.25, 0.3) is 0 Å². The largest absolute Gasteiger partial charge is 0.369 e. The summed E-state index contributed by atoms with van der Waals surface area (Å²) in [6.07, 6.45) is 1.22. The number of carbonyl (C=O) groups is 1. The van der Waals surface area contributed by atoms with Crippen LogP contribution in [0.1, 0.15) is 30.6 Å². The van der Waals surface area contributed by atoms with Crippen molar-refractivity contribution in [3.8, 4) is 0 Å². The van der Waals surface area contributed by atoms with E-state index in [0.29, 0.717) is 0 Å². The van der Waals surface area contributed by atoms with Gasteiger partial charge < -0.3 is 4.90 Å². The van der Waals surface area contributed by atoms with E-state index in [4.69, 9.17) is 0 Å². The number of hydrogen-bond acceptors (Lipinski definition) is 3. The number of anilines is 1. The van der Waals surface area contributed by atoms with Crippen molar-refractivity contribution in [2.75, 3.05) is 37.6 Å². The number of Topliss-reactive ketones (excluding diaryl/α,β-unsaturated/α-hetero) is 1. The first-order valence-corrected chi connectivity index (χ1v) is 7.69. The van der Waals surface area contributed by atoms with Crippen LogP contribution < -0.4 is 4.90 Å². The Hall–Kier alpha value is -0.870.